The van der Waals surface area contributed by atoms with E-state index in [-0.39, 0.29) is 23.3 Å². The van der Waals surface area contributed by atoms with E-state index in [1.807, 2.05) is 43.3 Å². The number of ether oxygens (including phenoxy) is 2. The van der Waals surface area contributed by atoms with E-state index in [0.717, 1.165) is 35.1 Å². The summed E-state index contributed by atoms with van der Waals surface area (Å²) >= 11 is 6.01. The van der Waals surface area contributed by atoms with Gasteiger partial charge in [-0.3, -0.25) is 4.79 Å². The molecule has 162 valence electrons. The molecule has 2 aliphatic rings. The SMILES string of the molecule is Cc1ccc(NC(=O)C2(c3ccc4c(c3)OCO4)CC2)cc1-c1ccc(Cl)c(C(=O)O)c1. The van der Waals surface area contributed by atoms with Crippen molar-refractivity contribution in [1.29, 1.82) is 0 Å². The maximum atomic E-state index is 13.2. The van der Waals surface area contributed by atoms with Gasteiger partial charge in [-0.05, 0) is 78.4 Å². The molecular weight excluding hydrogens is 430 g/mol. The van der Waals surface area contributed by atoms with Crippen LogP contribution in [0.5, 0.6) is 11.5 Å². The molecule has 3 aromatic carbocycles. The number of aromatic carboxylic acids is 1. The zero-order valence-corrected chi connectivity index (χ0v) is 18.0. The highest BCUT2D eigenvalue weighted by Crippen LogP contribution is 2.51. The van der Waals surface area contributed by atoms with Crippen LogP contribution in [0.25, 0.3) is 11.1 Å². The van der Waals surface area contributed by atoms with Gasteiger partial charge in [0.25, 0.3) is 0 Å². The molecular formula is C25H20ClNO5. The number of carboxylic acid groups (broad SMARTS) is 1. The van der Waals surface area contributed by atoms with E-state index >= 15 is 0 Å². The molecule has 1 amide bonds. The minimum atomic E-state index is -1.08. The van der Waals surface area contributed by atoms with Gasteiger partial charge in [0.1, 0.15) is 0 Å². The number of fused-ring (bicyclic) bond motifs is 1. The second kappa shape index (κ2) is 7.57. The average Bonchev–Trinajstić information content (AvgIpc) is 3.46. The van der Waals surface area contributed by atoms with Crippen LogP contribution >= 0.6 is 11.6 Å². The predicted octanol–water partition coefficient (Wildman–Crippen LogP) is 5.41. The summed E-state index contributed by atoms with van der Waals surface area (Å²) in [6, 6.07) is 16.2. The Morgan fingerprint density at radius 3 is 2.53 bits per heavy atom. The zero-order valence-electron chi connectivity index (χ0n) is 17.3. The Labute approximate surface area is 189 Å². The van der Waals surface area contributed by atoms with Crippen molar-refractivity contribution in [3.05, 3.63) is 76.3 Å². The van der Waals surface area contributed by atoms with Gasteiger partial charge in [0, 0.05) is 5.69 Å². The van der Waals surface area contributed by atoms with Gasteiger partial charge < -0.3 is 19.9 Å². The molecule has 1 aliphatic carbocycles. The molecule has 3 aromatic rings. The first-order valence-electron chi connectivity index (χ1n) is 10.2. The summed E-state index contributed by atoms with van der Waals surface area (Å²) < 4.78 is 10.8. The summed E-state index contributed by atoms with van der Waals surface area (Å²) in [5.74, 6) is 0.194. The summed E-state index contributed by atoms with van der Waals surface area (Å²) in [5, 5.41) is 12.6. The Morgan fingerprint density at radius 2 is 1.78 bits per heavy atom. The highest BCUT2D eigenvalue weighted by atomic mass is 35.5. The summed E-state index contributed by atoms with van der Waals surface area (Å²) in [7, 11) is 0. The standard InChI is InChI=1S/C25H20ClNO5/c1-14-2-5-17(12-18(14)15-3-6-20(26)19(10-15)23(28)29)27-24(30)25(8-9-25)16-4-7-21-22(11-16)32-13-31-21/h2-7,10-12H,8-9,13H2,1H3,(H,27,30)(H,28,29). The van der Waals surface area contributed by atoms with Crippen LogP contribution in [-0.2, 0) is 10.2 Å². The van der Waals surface area contributed by atoms with Crippen LogP contribution in [0.15, 0.2) is 54.6 Å². The Balaban J connectivity index is 1.43. The number of carbonyl (C=O) groups excluding carboxylic acids is 1. The summed E-state index contributed by atoms with van der Waals surface area (Å²) in [4.78, 5) is 24.7. The lowest BCUT2D eigenvalue weighted by atomic mass is 9.94. The fraction of sp³-hybridized carbons (Fsp3) is 0.200. The van der Waals surface area contributed by atoms with Gasteiger partial charge in [-0.2, -0.15) is 0 Å². The van der Waals surface area contributed by atoms with Crippen molar-refractivity contribution in [3.63, 3.8) is 0 Å². The van der Waals surface area contributed by atoms with Gasteiger partial charge in [0.2, 0.25) is 12.7 Å². The number of amides is 1. The maximum absolute atomic E-state index is 13.2. The quantitative estimate of drug-likeness (QED) is 0.543. The van der Waals surface area contributed by atoms with Gasteiger partial charge in [-0.15, -0.1) is 0 Å². The normalized spacial score (nSPS) is 15.3. The van der Waals surface area contributed by atoms with Crippen molar-refractivity contribution in [2.75, 3.05) is 12.1 Å². The third-order valence-corrected chi connectivity index (χ3v) is 6.44. The molecule has 1 saturated carbocycles. The molecule has 7 heteroatoms. The van der Waals surface area contributed by atoms with Gasteiger partial charge >= 0.3 is 5.97 Å². The van der Waals surface area contributed by atoms with Crippen LogP contribution in [0.1, 0.15) is 34.3 Å². The maximum Gasteiger partial charge on any atom is 0.337 e. The number of halogens is 1. The van der Waals surface area contributed by atoms with Crippen molar-refractivity contribution in [2.45, 2.75) is 25.2 Å². The minimum Gasteiger partial charge on any atom is -0.478 e. The highest BCUT2D eigenvalue weighted by Gasteiger charge is 2.51. The molecule has 0 unspecified atom stereocenters. The number of aryl methyl sites for hydroxylation is 1. The van der Waals surface area contributed by atoms with Crippen molar-refractivity contribution >= 4 is 29.2 Å². The van der Waals surface area contributed by atoms with E-state index in [4.69, 9.17) is 21.1 Å². The van der Waals surface area contributed by atoms with Crippen molar-refractivity contribution in [1.82, 2.24) is 0 Å². The number of benzene rings is 3. The van der Waals surface area contributed by atoms with Crippen molar-refractivity contribution in [3.8, 4) is 22.6 Å². The topological polar surface area (TPSA) is 84.9 Å². The first-order valence-corrected chi connectivity index (χ1v) is 10.6. The second-order valence-electron chi connectivity index (χ2n) is 8.13. The van der Waals surface area contributed by atoms with Crippen LogP contribution in [-0.4, -0.2) is 23.8 Å². The molecule has 5 rings (SSSR count). The Morgan fingerprint density at radius 1 is 1.00 bits per heavy atom. The molecule has 0 radical (unpaired) electrons. The van der Waals surface area contributed by atoms with Gasteiger partial charge in [-0.1, -0.05) is 29.8 Å². The van der Waals surface area contributed by atoms with Crippen molar-refractivity contribution < 1.29 is 24.2 Å². The molecule has 1 aliphatic heterocycles. The van der Waals surface area contributed by atoms with E-state index in [1.165, 1.54) is 0 Å². The van der Waals surface area contributed by atoms with E-state index in [0.29, 0.717) is 17.2 Å². The molecule has 0 spiro atoms. The van der Waals surface area contributed by atoms with Crippen LogP contribution in [0.2, 0.25) is 5.02 Å². The predicted molar refractivity (Wildman–Crippen MR) is 121 cm³/mol. The Kier molecular flexibility index (Phi) is 4.82. The first-order chi connectivity index (χ1) is 15.4. The number of carbonyl (C=O) groups is 2. The summed E-state index contributed by atoms with van der Waals surface area (Å²) in [5.41, 5.74) is 3.52. The first kappa shape index (κ1) is 20.4. The van der Waals surface area contributed by atoms with Crippen LogP contribution < -0.4 is 14.8 Å². The lowest BCUT2D eigenvalue weighted by Gasteiger charge is -2.17. The number of hydrogen-bond acceptors (Lipinski definition) is 4. The summed E-state index contributed by atoms with van der Waals surface area (Å²) in [6.07, 6.45) is 1.52. The number of nitrogens with one attached hydrogen (secondary N) is 1. The van der Waals surface area contributed by atoms with E-state index in [2.05, 4.69) is 5.32 Å². The molecule has 32 heavy (non-hydrogen) atoms. The number of hydrogen-bond donors (Lipinski definition) is 2. The molecule has 2 N–H and O–H groups in total. The lowest BCUT2D eigenvalue weighted by molar-refractivity contribution is -0.118. The lowest BCUT2D eigenvalue weighted by Crippen LogP contribution is -2.27. The van der Waals surface area contributed by atoms with Gasteiger partial charge in [0.05, 0.1) is 16.0 Å². The Bertz CT molecular complexity index is 1270. The number of anilines is 1. The Hall–Kier alpha value is -3.51. The van der Waals surface area contributed by atoms with E-state index < -0.39 is 11.4 Å². The third-order valence-electron chi connectivity index (χ3n) is 6.11. The van der Waals surface area contributed by atoms with E-state index in [9.17, 15) is 14.7 Å². The van der Waals surface area contributed by atoms with Gasteiger partial charge in [-0.25, -0.2) is 4.79 Å². The molecule has 1 heterocycles. The fourth-order valence-corrected chi connectivity index (χ4v) is 4.28. The molecule has 1 fully saturated rings. The number of carboxylic acids is 1. The molecule has 0 atom stereocenters. The van der Waals surface area contributed by atoms with Crippen LogP contribution in [0.3, 0.4) is 0 Å². The summed E-state index contributed by atoms with van der Waals surface area (Å²) in [6.45, 7) is 2.13. The monoisotopic (exact) mass is 449 g/mol. The van der Waals surface area contributed by atoms with Crippen molar-refractivity contribution in [2.24, 2.45) is 0 Å². The van der Waals surface area contributed by atoms with Crippen LogP contribution in [0, 0.1) is 6.92 Å². The smallest absolute Gasteiger partial charge is 0.337 e. The molecule has 0 aromatic heterocycles. The third kappa shape index (κ3) is 3.46. The number of rotatable bonds is 5. The zero-order chi connectivity index (χ0) is 22.5. The molecule has 6 nitrogen and oxygen atoms in total. The largest absolute Gasteiger partial charge is 0.478 e. The van der Waals surface area contributed by atoms with Gasteiger partial charge in [0.15, 0.2) is 11.5 Å². The van der Waals surface area contributed by atoms with E-state index in [1.54, 1.807) is 18.2 Å². The fourth-order valence-electron chi connectivity index (χ4n) is 4.08. The average molecular weight is 450 g/mol. The molecule has 0 bridgehead atoms. The van der Waals surface area contributed by atoms with Crippen LogP contribution in [0.4, 0.5) is 5.69 Å². The molecule has 0 saturated heterocycles. The highest BCUT2D eigenvalue weighted by molar-refractivity contribution is 6.33. The second-order valence-corrected chi connectivity index (χ2v) is 8.54. The minimum absolute atomic E-state index is 0.0396.